The Balaban J connectivity index is 1.74. The van der Waals surface area contributed by atoms with E-state index in [-0.39, 0.29) is 5.78 Å². The first-order chi connectivity index (χ1) is 9.73. The van der Waals surface area contributed by atoms with Crippen LogP contribution in [0.25, 0.3) is 0 Å². The van der Waals surface area contributed by atoms with Gasteiger partial charge in [0.15, 0.2) is 5.78 Å². The van der Waals surface area contributed by atoms with Crippen molar-refractivity contribution in [2.45, 2.75) is 31.8 Å². The minimum absolute atomic E-state index is 0.140. The van der Waals surface area contributed by atoms with Crippen LogP contribution < -0.4 is 10.5 Å². The van der Waals surface area contributed by atoms with Gasteiger partial charge < -0.3 is 15.2 Å². The van der Waals surface area contributed by atoms with Crippen LogP contribution in [0.4, 0.5) is 0 Å². The fraction of sp³-hybridized carbons (Fsp3) is 0.562. The van der Waals surface area contributed by atoms with Crippen molar-refractivity contribution in [2.24, 2.45) is 11.1 Å². The van der Waals surface area contributed by atoms with Crippen molar-refractivity contribution in [3.8, 4) is 5.75 Å². The van der Waals surface area contributed by atoms with Gasteiger partial charge in [-0.2, -0.15) is 0 Å². The second kappa shape index (κ2) is 5.54. The highest BCUT2D eigenvalue weighted by molar-refractivity contribution is 6.00. The number of benzene rings is 1. The predicted molar refractivity (Wildman–Crippen MR) is 76.0 cm³/mol. The zero-order chi connectivity index (χ0) is 14.0. The lowest BCUT2D eigenvalue weighted by atomic mass is 9.74. The van der Waals surface area contributed by atoms with Gasteiger partial charge in [-0.15, -0.1) is 0 Å². The molecule has 1 aliphatic heterocycles. The third-order valence-electron chi connectivity index (χ3n) is 4.27. The zero-order valence-corrected chi connectivity index (χ0v) is 11.6. The highest BCUT2D eigenvalue weighted by Crippen LogP contribution is 2.34. The van der Waals surface area contributed by atoms with Crippen LogP contribution in [0.5, 0.6) is 5.75 Å². The summed E-state index contributed by atoms with van der Waals surface area (Å²) < 4.78 is 11.1. The summed E-state index contributed by atoms with van der Waals surface area (Å²) in [5.41, 5.74) is 6.15. The van der Waals surface area contributed by atoms with Crippen molar-refractivity contribution in [1.29, 1.82) is 0 Å². The molecule has 0 radical (unpaired) electrons. The number of rotatable bonds is 5. The Morgan fingerprint density at radius 1 is 1.25 bits per heavy atom. The molecule has 1 aliphatic carbocycles. The summed E-state index contributed by atoms with van der Waals surface area (Å²) in [5.74, 6) is 0.985. The van der Waals surface area contributed by atoms with Crippen molar-refractivity contribution in [3.05, 3.63) is 29.8 Å². The molecular weight excluding hydrogens is 254 g/mol. The molecule has 0 atom stereocenters. The third-order valence-corrected chi connectivity index (χ3v) is 4.27. The lowest BCUT2D eigenvalue weighted by Gasteiger charge is -2.34. The quantitative estimate of drug-likeness (QED) is 0.837. The Bertz CT molecular complexity index is 473. The summed E-state index contributed by atoms with van der Waals surface area (Å²) in [7, 11) is 0. The van der Waals surface area contributed by atoms with Gasteiger partial charge in [0.25, 0.3) is 0 Å². The van der Waals surface area contributed by atoms with E-state index in [1.807, 2.05) is 24.3 Å². The maximum Gasteiger partial charge on any atom is 0.170 e. The van der Waals surface area contributed by atoms with Crippen molar-refractivity contribution >= 4 is 5.78 Å². The average molecular weight is 275 g/mol. The van der Waals surface area contributed by atoms with Crippen LogP contribution in [0.15, 0.2) is 24.3 Å². The van der Waals surface area contributed by atoms with Gasteiger partial charge in [0, 0.05) is 25.3 Å². The predicted octanol–water partition coefficient (Wildman–Crippen LogP) is 2.17. The van der Waals surface area contributed by atoms with Gasteiger partial charge in [-0.1, -0.05) is 0 Å². The molecule has 1 heterocycles. The highest BCUT2D eigenvalue weighted by Gasteiger charge is 2.39. The molecule has 1 saturated carbocycles. The van der Waals surface area contributed by atoms with E-state index < -0.39 is 5.41 Å². The fourth-order valence-corrected chi connectivity index (χ4v) is 2.66. The summed E-state index contributed by atoms with van der Waals surface area (Å²) in [5, 5.41) is 0. The smallest absolute Gasteiger partial charge is 0.170 e. The SMILES string of the molecule is NCC1(C(=O)c2ccc(OC3CC3)cc2)CCOCC1. The highest BCUT2D eigenvalue weighted by atomic mass is 16.5. The molecular formula is C16H21NO3. The Labute approximate surface area is 119 Å². The third kappa shape index (κ3) is 2.72. The zero-order valence-electron chi connectivity index (χ0n) is 11.6. The van der Waals surface area contributed by atoms with E-state index in [4.69, 9.17) is 15.2 Å². The molecule has 1 aromatic carbocycles. The molecule has 3 rings (SSSR count). The second-order valence-electron chi connectivity index (χ2n) is 5.77. The number of carbonyl (C=O) groups is 1. The first-order valence-electron chi connectivity index (χ1n) is 7.33. The molecule has 0 spiro atoms. The van der Waals surface area contributed by atoms with Crippen LogP contribution in [-0.4, -0.2) is 31.6 Å². The molecule has 4 nitrogen and oxygen atoms in total. The normalized spacial score (nSPS) is 21.4. The Morgan fingerprint density at radius 2 is 1.90 bits per heavy atom. The molecule has 20 heavy (non-hydrogen) atoms. The van der Waals surface area contributed by atoms with Crippen molar-refractivity contribution in [2.75, 3.05) is 19.8 Å². The largest absolute Gasteiger partial charge is 0.490 e. The van der Waals surface area contributed by atoms with Crippen LogP contribution in [-0.2, 0) is 4.74 Å². The summed E-state index contributed by atoms with van der Waals surface area (Å²) in [6.45, 7) is 1.62. The van der Waals surface area contributed by atoms with Crippen LogP contribution in [0, 0.1) is 5.41 Å². The molecule has 108 valence electrons. The molecule has 0 bridgehead atoms. The monoisotopic (exact) mass is 275 g/mol. The first-order valence-corrected chi connectivity index (χ1v) is 7.33. The summed E-state index contributed by atoms with van der Waals surface area (Å²) >= 11 is 0. The minimum atomic E-state index is -0.447. The van der Waals surface area contributed by atoms with Gasteiger partial charge in [0.2, 0.25) is 0 Å². The molecule has 0 aromatic heterocycles. The molecule has 0 amide bonds. The van der Waals surface area contributed by atoms with Crippen LogP contribution in [0.1, 0.15) is 36.0 Å². The van der Waals surface area contributed by atoms with E-state index >= 15 is 0 Å². The number of hydrogen-bond acceptors (Lipinski definition) is 4. The molecule has 2 fully saturated rings. The molecule has 2 aliphatic rings. The molecule has 0 unspecified atom stereocenters. The Kier molecular flexibility index (Phi) is 3.76. The average Bonchev–Trinajstić information content (AvgIpc) is 3.32. The summed E-state index contributed by atoms with van der Waals surface area (Å²) in [6.07, 6.45) is 4.07. The number of hydrogen-bond donors (Lipinski definition) is 1. The summed E-state index contributed by atoms with van der Waals surface area (Å²) in [6, 6.07) is 7.48. The van der Waals surface area contributed by atoms with E-state index in [1.165, 1.54) is 0 Å². The molecule has 1 aromatic rings. The lowest BCUT2D eigenvalue weighted by molar-refractivity contribution is 0.0200. The van der Waals surface area contributed by atoms with Gasteiger partial charge in [-0.3, -0.25) is 4.79 Å². The number of Topliss-reactive ketones (excluding diaryl/α,β-unsaturated/α-hetero) is 1. The number of ether oxygens (including phenoxy) is 2. The van der Waals surface area contributed by atoms with Crippen molar-refractivity contribution in [1.82, 2.24) is 0 Å². The van der Waals surface area contributed by atoms with Crippen LogP contribution >= 0.6 is 0 Å². The van der Waals surface area contributed by atoms with E-state index in [0.717, 1.165) is 24.2 Å². The van der Waals surface area contributed by atoms with E-state index in [0.29, 0.717) is 38.7 Å². The lowest BCUT2D eigenvalue weighted by Crippen LogP contribution is -2.43. The van der Waals surface area contributed by atoms with Crippen LogP contribution in [0.3, 0.4) is 0 Å². The fourth-order valence-electron chi connectivity index (χ4n) is 2.66. The molecule has 1 saturated heterocycles. The van der Waals surface area contributed by atoms with Crippen molar-refractivity contribution < 1.29 is 14.3 Å². The number of ketones is 1. The first kappa shape index (κ1) is 13.6. The molecule has 2 N–H and O–H groups in total. The van der Waals surface area contributed by atoms with Crippen LogP contribution in [0.2, 0.25) is 0 Å². The summed E-state index contributed by atoms with van der Waals surface area (Å²) in [4.78, 5) is 12.7. The van der Waals surface area contributed by atoms with E-state index in [1.54, 1.807) is 0 Å². The van der Waals surface area contributed by atoms with Gasteiger partial charge in [-0.25, -0.2) is 0 Å². The maximum atomic E-state index is 12.7. The number of nitrogens with two attached hydrogens (primary N) is 1. The topological polar surface area (TPSA) is 61.6 Å². The van der Waals surface area contributed by atoms with Gasteiger partial charge in [0.05, 0.1) is 11.5 Å². The maximum absolute atomic E-state index is 12.7. The Morgan fingerprint density at radius 3 is 2.45 bits per heavy atom. The molecule has 4 heteroatoms. The van der Waals surface area contributed by atoms with Gasteiger partial charge >= 0.3 is 0 Å². The van der Waals surface area contributed by atoms with Gasteiger partial charge in [0.1, 0.15) is 5.75 Å². The standard InChI is InChI=1S/C16H21NO3/c17-11-16(7-9-19-10-8-16)15(18)12-1-3-13(4-2-12)20-14-5-6-14/h1-4,14H,5-11,17H2. The van der Waals surface area contributed by atoms with E-state index in [9.17, 15) is 4.79 Å². The van der Waals surface area contributed by atoms with Gasteiger partial charge in [-0.05, 0) is 49.9 Å². The van der Waals surface area contributed by atoms with Crippen molar-refractivity contribution in [3.63, 3.8) is 0 Å². The van der Waals surface area contributed by atoms with E-state index in [2.05, 4.69) is 0 Å². The Hall–Kier alpha value is -1.39. The minimum Gasteiger partial charge on any atom is -0.490 e. The number of carbonyl (C=O) groups excluding carboxylic acids is 1. The second-order valence-corrected chi connectivity index (χ2v) is 5.77.